The number of fused-ring (bicyclic) bond motifs is 1. The predicted molar refractivity (Wildman–Crippen MR) is 152 cm³/mol. The Labute approximate surface area is 228 Å². The SMILES string of the molecule is Cc1ccc(C)c(N2CCN([C@@H](c3cc4cc(C)cc(C)c4[nH]c3=O)c3nnnn3C[C@@H]3CCCO3)CC2)c1. The molecule has 0 spiro atoms. The normalized spacial score (nSPS) is 19.2. The number of aromatic nitrogens is 5. The van der Waals surface area contributed by atoms with Gasteiger partial charge in [-0.2, -0.15) is 0 Å². The number of hydrogen-bond donors (Lipinski definition) is 1. The van der Waals surface area contributed by atoms with Gasteiger partial charge in [0.2, 0.25) is 0 Å². The summed E-state index contributed by atoms with van der Waals surface area (Å²) in [7, 11) is 0. The molecule has 0 saturated carbocycles. The van der Waals surface area contributed by atoms with E-state index in [-0.39, 0.29) is 17.7 Å². The third-order valence-corrected chi connectivity index (χ3v) is 8.21. The average Bonchev–Trinajstić information content (AvgIpc) is 3.60. The number of aromatic amines is 1. The second-order valence-corrected chi connectivity index (χ2v) is 11.2. The van der Waals surface area contributed by atoms with Crippen molar-refractivity contribution in [1.29, 1.82) is 0 Å². The molecule has 4 heterocycles. The fourth-order valence-electron chi connectivity index (χ4n) is 6.21. The summed E-state index contributed by atoms with van der Waals surface area (Å²) in [5, 5.41) is 14.0. The van der Waals surface area contributed by atoms with Crippen molar-refractivity contribution in [1.82, 2.24) is 30.1 Å². The Balaban J connectivity index is 1.38. The Morgan fingerprint density at radius 2 is 1.82 bits per heavy atom. The van der Waals surface area contributed by atoms with Crippen LogP contribution >= 0.6 is 0 Å². The van der Waals surface area contributed by atoms with Crippen LogP contribution in [0.1, 0.15) is 52.5 Å². The summed E-state index contributed by atoms with van der Waals surface area (Å²) in [6.45, 7) is 13.1. The van der Waals surface area contributed by atoms with Gasteiger partial charge in [0.05, 0.1) is 18.2 Å². The summed E-state index contributed by atoms with van der Waals surface area (Å²) in [6.07, 6.45) is 2.14. The molecule has 39 heavy (non-hydrogen) atoms. The molecular weight excluding hydrogens is 490 g/mol. The maximum atomic E-state index is 13.7. The molecule has 2 saturated heterocycles. The minimum absolute atomic E-state index is 0.0919. The zero-order valence-corrected chi connectivity index (χ0v) is 23.3. The van der Waals surface area contributed by atoms with Crippen LogP contribution in [0.5, 0.6) is 0 Å². The molecule has 0 amide bonds. The highest BCUT2D eigenvalue weighted by Gasteiger charge is 2.34. The number of benzene rings is 2. The van der Waals surface area contributed by atoms with E-state index in [9.17, 15) is 4.79 Å². The highest BCUT2D eigenvalue weighted by atomic mass is 16.5. The van der Waals surface area contributed by atoms with Crippen molar-refractivity contribution in [3.63, 3.8) is 0 Å². The number of hydrogen-bond acceptors (Lipinski definition) is 7. The van der Waals surface area contributed by atoms with Crippen molar-refractivity contribution in [2.45, 2.75) is 59.2 Å². The summed E-state index contributed by atoms with van der Waals surface area (Å²) >= 11 is 0. The first kappa shape index (κ1) is 25.7. The second-order valence-electron chi connectivity index (χ2n) is 11.2. The molecule has 6 rings (SSSR count). The standard InChI is InChI=1S/C30H37N7O2/c1-19-7-8-21(3)26(16-19)35-9-11-36(12-10-35)28(29-32-33-34-37(29)18-24-6-5-13-39-24)25-17-23-15-20(2)14-22(4)27(23)31-30(25)38/h7-8,14-17,24,28H,5-6,9-13,18H2,1-4H3,(H,31,38)/t24-,28-/m0/s1. The zero-order chi connectivity index (χ0) is 27.1. The van der Waals surface area contributed by atoms with Crippen LogP contribution in [0.2, 0.25) is 0 Å². The molecule has 9 heteroatoms. The molecule has 1 N–H and O–H groups in total. The van der Waals surface area contributed by atoms with Crippen LogP contribution in [-0.4, -0.2) is 69.0 Å². The maximum absolute atomic E-state index is 13.7. The summed E-state index contributed by atoms with van der Waals surface area (Å²) in [5.41, 5.74) is 7.52. The van der Waals surface area contributed by atoms with Crippen LogP contribution in [0.15, 0.2) is 41.2 Å². The largest absolute Gasteiger partial charge is 0.376 e. The molecule has 2 aliphatic heterocycles. The van der Waals surface area contributed by atoms with Crippen molar-refractivity contribution in [3.8, 4) is 0 Å². The van der Waals surface area contributed by atoms with Crippen LogP contribution in [0, 0.1) is 27.7 Å². The van der Waals surface area contributed by atoms with Crippen LogP contribution in [-0.2, 0) is 11.3 Å². The molecule has 204 valence electrons. The van der Waals surface area contributed by atoms with E-state index < -0.39 is 0 Å². The van der Waals surface area contributed by atoms with Crippen molar-refractivity contribution >= 4 is 16.6 Å². The average molecular weight is 528 g/mol. The van der Waals surface area contributed by atoms with E-state index in [1.807, 2.05) is 17.7 Å². The minimum Gasteiger partial charge on any atom is -0.376 e. The Bertz CT molecular complexity index is 1540. The zero-order valence-electron chi connectivity index (χ0n) is 23.3. The van der Waals surface area contributed by atoms with E-state index in [4.69, 9.17) is 4.74 Å². The lowest BCUT2D eigenvalue weighted by molar-refractivity contribution is 0.0906. The first-order valence-electron chi connectivity index (χ1n) is 14.0. The molecule has 2 atom stereocenters. The van der Waals surface area contributed by atoms with Gasteiger partial charge in [-0.25, -0.2) is 4.68 Å². The number of rotatable bonds is 6. The third kappa shape index (κ3) is 5.08. The van der Waals surface area contributed by atoms with E-state index in [0.29, 0.717) is 17.9 Å². The lowest BCUT2D eigenvalue weighted by Crippen LogP contribution is -2.49. The molecule has 9 nitrogen and oxygen atoms in total. The first-order chi connectivity index (χ1) is 18.9. The molecule has 2 aromatic carbocycles. The highest BCUT2D eigenvalue weighted by Crippen LogP contribution is 2.31. The number of ether oxygens (including phenoxy) is 1. The molecule has 0 bridgehead atoms. The Kier molecular flexibility index (Phi) is 6.95. The molecule has 2 aliphatic rings. The molecular formula is C30H37N7O2. The van der Waals surface area contributed by atoms with Gasteiger partial charge < -0.3 is 14.6 Å². The quantitative estimate of drug-likeness (QED) is 0.407. The topological polar surface area (TPSA) is 92.2 Å². The van der Waals surface area contributed by atoms with Crippen molar-refractivity contribution in [2.24, 2.45) is 0 Å². The molecule has 0 aliphatic carbocycles. The number of aryl methyl sites for hydroxylation is 4. The Hall–Kier alpha value is -3.56. The third-order valence-electron chi connectivity index (χ3n) is 8.21. The van der Waals surface area contributed by atoms with E-state index in [2.05, 4.69) is 81.4 Å². The lowest BCUT2D eigenvalue weighted by atomic mass is 10.00. The summed E-state index contributed by atoms with van der Waals surface area (Å²) in [6, 6.07) is 12.5. The number of anilines is 1. The lowest BCUT2D eigenvalue weighted by Gasteiger charge is -2.40. The van der Waals surface area contributed by atoms with Gasteiger partial charge in [-0.1, -0.05) is 23.8 Å². The fraction of sp³-hybridized carbons (Fsp3) is 0.467. The van der Waals surface area contributed by atoms with Crippen LogP contribution in [0.3, 0.4) is 0 Å². The monoisotopic (exact) mass is 527 g/mol. The summed E-state index contributed by atoms with van der Waals surface area (Å²) in [4.78, 5) is 21.7. The molecule has 0 radical (unpaired) electrons. The van der Waals surface area contributed by atoms with E-state index in [1.165, 1.54) is 22.4 Å². The van der Waals surface area contributed by atoms with Gasteiger partial charge in [-0.05, 0) is 91.2 Å². The molecule has 0 unspecified atom stereocenters. The molecule has 2 fully saturated rings. The smallest absolute Gasteiger partial charge is 0.253 e. The van der Waals surface area contributed by atoms with Gasteiger partial charge in [-0.3, -0.25) is 9.69 Å². The summed E-state index contributed by atoms with van der Waals surface area (Å²) in [5.74, 6) is 0.694. The van der Waals surface area contributed by atoms with Crippen LogP contribution in [0.25, 0.3) is 10.9 Å². The number of tetrazole rings is 1. The number of pyridine rings is 1. The van der Waals surface area contributed by atoms with Gasteiger partial charge >= 0.3 is 0 Å². The van der Waals surface area contributed by atoms with Gasteiger partial charge in [0.15, 0.2) is 5.82 Å². The van der Waals surface area contributed by atoms with Gasteiger partial charge in [-0.15, -0.1) is 5.10 Å². The van der Waals surface area contributed by atoms with Crippen molar-refractivity contribution < 1.29 is 4.74 Å². The second kappa shape index (κ2) is 10.5. The maximum Gasteiger partial charge on any atom is 0.253 e. The van der Waals surface area contributed by atoms with E-state index >= 15 is 0 Å². The van der Waals surface area contributed by atoms with Gasteiger partial charge in [0.25, 0.3) is 5.56 Å². The number of piperazine rings is 1. The van der Waals surface area contributed by atoms with Crippen LogP contribution in [0.4, 0.5) is 5.69 Å². The van der Waals surface area contributed by atoms with Crippen LogP contribution < -0.4 is 10.5 Å². The van der Waals surface area contributed by atoms with Crippen molar-refractivity contribution in [3.05, 3.63) is 80.4 Å². The Morgan fingerprint density at radius 1 is 1.00 bits per heavy atom. The van der Waals surface area contributed by atoms with E-state index in [0.717, 1.165) is 62.1 Å². The predicted octanol–water partition coefficient (Wildman–Crippen LogP) is 3.84. The fourth-order valence-corrected chi connectivity index (χ4v) is 6.21. The first-order valence-corrected chi connectivity index (χ1v) is 14.0. The highest BCUT2D eigenvalue weighted by molar-refractivity contribution is 5.83. The Morgan fingerprint density at radius 3 is 2.59 bits per heavy atom. The van der Waals surface area contributed by atoms with Gasteiger partial charge in [0.1, 0.15) is 6.04 Å². The van der Waals surface area contributed by atoms with Gasteiger partial charge in [0, 0.05) is 44.0 Å². The molecule has 2 aromatic heterocycles. The number of nitrogens with one attached hydrogen (secondary N) is 1. The minimum atomic E-state index is -0.365. The number of nitrogens with zero attached hydrogens (tertiary/aromatic N) is 6. The number of H-pyrrole nitrogens is 1. The summed E-state index contributed by atoms with van der Waals surface area (Å²) < 4.78 is 7.75. The molecule has 4 aromatic rings. The van der Waals surface area contributed by atoms with Crippen molar-refractivity contribution in [2.75, 3.05) is 37.7 Å². The van der Waals surface area contributed by atoms with E-state index in [1.54, 1.807) is 0 Å².